The number of Topliss-reactive ketones (excluding diaryl/α,β-unsaturated/α-hetero) is 1. The SMILES string of the molecule is CC(=O)OC[C@]12CC[C@@H](C(=O)CBr)[C@@H]1[C@H]1CC[C@@H]3[C@@]4(C)CC[C@H](OC(C)=O)C(C)(C)[C@@H]4CC[C@@]3(C)[C@]1(C)CC2. The zero-order chi connectivity index (χ0) is 28.6. The average molecular weight is 608 g/mol. The molecule has 0 heterocycles. The molecule has 5 rings (SSSR count). The number of halogens is 1. The molecule has 39 heavy (non-hydrogen) atoms. The molecule has 0 spiro atoms. The van der Waals surface area contributed by atoms with E-state index in [4.69, 9.17) is 9.47 Å². The highest BCUT2D eigenvalue weighted by Gasteiger charge is 2.71. The fraction of sp³-hybridized carbons (Fsp3) is 0.909. The number of esters is 2. The lowest BCUT2D eigenvalue weighted by Crippen LogP contribution is -2.67. The molecular weight excluding hydrogens is 556 g/mol. The Labute approximate surface area is 244 Å². The topological polar surface area (TPSA) is 69.7 Å². The van der Waals surface area contributed by atoms with Gasteiger partial charge < -0.3 is 9.47 Å². The molecule has 0 unspecified atom stereocenters. The normalized spacial score (nSPS) is 48.1. The Hall–Kier alpha value is -0.910. The van der Waals surface area contributed by atoms with Gasteiger partial charge in [-0.15, -0.1) is 0 Å². The van der Waals surface area contributed by atoms with Crippen molar-refractivity contribution in [3.05, 3.63) is 0 Å². The van der Waals surface area contributed by atoms with Crippen LogP contribution in [0.5, 0.6) is 0 Å². The number of fused-ring (bicyclic) bond motifs is 7. The van der Waals surface area contributed by atoms with E-state index in [1.54, 1.807) is 6.92 Å². The van der Waals surface area contributed by atoms with Crippen LogP contribution < -0.4 is 0 Å². The highest BCUT2D eigenvalue weighted by Crippen LogP contribution is 2.77. The standard InChI is InChI=1S/C33H51BrO5/c1-20(35)38-19-33-15-10-22(24(37)18-34)28(33)23-8-9-26-30(5)13-12-27(39-21(2)36)29(3,4)25(30)11-14-32(26,7)31(23,6)16-17-33/h22-23,25-28H,8-19H2,1-7H3/t22-,23+,25-,26+,27-,28+,30-,31+,32+,33+/m0/s1. The van der Waals surface area contributed by atoms with Crippen LogP contribution in [0.3, 0.4) is 0 Å². The van der Waals surface area contributed by atoms with E-state index >= 15 is 0 Å². The van der Waals surface area contributed by atoms with Crippen molar-refractivity contribution in [3.63, 3.8) is 0 Å². The summed E-state index contributed by atoms with van der Waals surface area (Å²) in [6.07, 6.45) is 10.9. The summed E-state index contributed by atoms with van der Waals surface area (Å²) in [6.45, 7) is 16.0. The molecule has 0 aromatic heterocycles. The minimum Gasteiger partial charge on any atom is -0.465 e. The van der Waals surface area contributed by atoms with Gasteiger partial charge in [0.1, 0.15) is 11.9 Å². The van der Waals surface area contributed by atoms with E-state index in [9.17, 15) is 14.4 Å². The van der Waals surface area contributed by atoms with E-state index in [0.717, 1.165) is 44.9 Å². The molecule has 220 valence electrons. The third-order valence-electron chi connectivity index (χ3n) is 14.0. The minimum atomic E-state index is -0.208. The lowest BCUT2D eigenvalue weighted by atomic mass is 9.32. The van der Waals surface area contributed by atoms with Gasteiger partial charge in [-0.05, 0) is 104 Å². The van der Waals surface area contributed by atoms with Gasteiger partial charge in [-0.2, -0.15) is 0 Å². The summed E-state index contributed by atoms with van der Waals surface area (Å²) in [6, 6.07) is 0. The van der Waals surface area contributed by atoms with Crippen molar-refractivity contribution in [2.45, 2.75) is 119 Å². The summed E-state index contributed by atoms with van der Waals surface area (Å²) < 4.78 is 11.6. The Morgan fingerprint density at radius 1 is 0.769 bits per heavy atom. The Balaban J connectivity index is 1.50. The zero-order valence-electron chi connectivity index (χ0n) is 25.4. The first-order chi connectivity index (χ1) is 18.2. The van der Waals surface area contributed by atoms with Gasteiger partial charge in [-0.1, -0.05) is 50.5 Å². The number of ether oxygens (including phenoxy) is 2. The number of ketones is 1. The predicted octanol–water partition coefficient (Wildman–Crippen LogP) is 7.53. The molecule has 6 heteroatoms. The van der Waals surface area contributed by atoms with E-state index in [0.29, 0.717) is 41.4 Å². The maximum Gasteiger partial charge on any atom is 0.302 e. The number of hydrogen-bond donors (Lipinski definition) is 0. The second-order valence-electron chi connectivity index (χ2n) is 15.5. The van der Waals surface area contributed by atoms with Crippen LogP contribution in [0.1, 0.15) is 113 Å². The van der Waals surface area contributed by atoms with Gasteiger partial charge in [0.2, 0.25) is 0 Å². The van der Waals surface area contributed by atoms with E-state index in [1.807, 2.05) is 0 Å². The summed E-state index contributed by atoms with van der Waals surface area (Å²) in [7, 11) is 0. The molecule has 5 fully saturated rings. The Morgan fingerprint density at radius 2 is 1.49 bits per heavy atom. The monoisotopic (exact) mass is 606 g/mol. The molecule has 0 aromatic carbocycles. The van der Waals surface area contributed by atoms with Crippen LogP contribution in [0.15, 0.2) is 0 Å². The number of hydrogen-bond acceptors (Lipinski definition) is 5. The maximum atomic E-state index is 13.3. The molecule has 0 aromatic rings. The summed E-state index contributed by atoms with van der Waals surface area (Å²) in [5.74, 6) is 1.95. The lowest BCUT2D eigenvalue weighted by molar-refractivity contribution is -0.252. The second-order valence-corrected chi connectivity index (χ2v) is 16.1. The van der Waals surface area contributed by atoms with Crippen molar-refractivity contribution in [3.8, 4) is 0 Å². The fourth-order valence-electron chi connectivity index (χ4n) is 12.1. The molecular formula is C33H51BrO5. The molecule has 0 bridgehead atoms. The number of carbonyl (C=O) groups is 3. The van der Waals surface area contributed by atoms with Gasteiger partial charge in [0.25, 0.3) is 0 Å². The van der Waals surface area contributed by atoms with Crippen molar-refractivity contribution < 1.29 is 23.9 Å². The smallest absolute Gasteiger partial charge is 0.302 e. The number of alkyl halides is 1. The molecule has 0 amide bonds. The highest BCUT2D eigenvalue weighted by atomic mass is 79.9. The van der Waals surface area contributed by atoms with Crippen LogP contribution in [-0.2, 0) is 23.9 Å². The van der Waals surface area contributed by atoms with Crippen molar-refractivity contribution in [2.75, 3.05) is 11.9 Å². The Bertz CT molecular complexity index is 1020. The van der Waals surface area contributed by atoms with Gasteiger partial charge in [0, 0.05) is 30.6 Å². The van der Waals surface area contributed by atoms with E-state index in [-0.39, 0.29) is 51.0 Å². The van der Waals surface area contributed by atoms with E-state index in [2.05, 4.69) is 50.5 Å². The minimum absolute atomic E-state index is 0.00422. The molecule has 0 aliphatic heterocycles. The quantitative estimate of drug-likeness (QED) is 0.239. The van der Waals surface area contributed by atoms with Crippen LogP contribution in [0, 0.1) is 56.7 Å². The predicted molar refractivity (Wildman–Crippen MR) is 155 cm³/mol. The highest BCUT2D eigenvalue weighted by molar-refractivity contribution is 9.09. The van der Waals surface area contributed by atoms with Crippen LogP contribution in [-0.4, -0.2) is 35.8 Å². The van der Waals surface area contributed by atoms with Crippen LogP contribution in [0.2, 0.25) is 0 Å². The van der Waals surface area contributed by atoms with Crippen molar-refractivity contribution in [1.82, 2.24) is 0 Å². The second kappa shape index (κ2) is 9.83. The van der Waals surface area contributed by atoms with Gasteiger partial charge in [0.05, 0.1) is 11.9 Å². The first-order valence-corrected chi connectivity index (χ1v) is 16.7. The molecule has 0 radical (unpaired) electrons. The molecule has 5 aliphatic rings. The molecule has 5 nitrogen and oxygen atoms in total. The van der Waals surface area contributed by atoms with Gasteiger partial charge in [-0.25, -0.2) is 0 Å². The molecule has 5 aliphatic carbocycles. The number of rotatable bonds is 5. The summed E-state index contributed by atoms with van der Waals surface area (Å²) in [5, 5.41) is 0.416. The Morgan fingerprint density at radius 3 is 2.13 bits per heavy atom. The van der Waals surface area contributed by atoms with E-state index < -0.39 is 0 Å². The van der Waals surface area contributed by atoms with Crippen LogP contribution in [0.4, 0.5) is 0 Å². The van der Waals surface area contributed by atoms with Crippen molar-refractivity contribution in [2.24, 2.45) is 56.7 Å². The first kappa shape index (κ1) is 29.6. The third-order valence-corrected chi connectivity index (χ3v) is 14.5. The van der Waals surface area contributed by atoms with Crippen molar-refractivity contribution >= 4 is 33.7 Å². The van der Waals surface area contributed by atoms with Gasteiger partial charge in [-0.3, -0.25) is 14.4 Å². The first-order valence-electron chi connectivity index (χ1n) is 15.6. The largest absolute Gasteiger partial charge is 0.465 e. The average Bonchev–Trinajstić information content (AvgIpc) is 3.24. The summed E-state index contributed by atoms with van der Waals surface area (Å²) in [4.78, 5) is 37.2. The molecule has 10 atom stereocenters. The summed E-state index contributed by atoms with van der Waals surface area (Å²) in [5.41, 5.74) is 0.466. The maximum absolute atomic E-state index is 13.3. The zero-order valence-corrected chi connectivity index (χ0v) is 27.0. The van der Waals surface area contributed by atoms with Crippen LogP contribution in [0.25, 0.3) is 0 Å². The molecule has 5 saturated carbocycles. The van der Waals surface area contributed by atoms with E-state index in [1.165, 1.54) is 26.2 Å². The third kappa shape index (κ3) is 4.22. The van der Waals surface area contributed by atoms with Gasteiger partial charge >= 0.3 is 11.9 Å². The number of carbonyl (C=O) groups excluding carboxylic acids is 3. The fourth-order valence-corrected chi connectivity index (χ4v) is 12.5. The van der Waals surface area contributed by atoms with Crippen molar-refractivity contribution in [1.29, 1.82) is 0 Å². The summed E-state index contributed by atoms with van der Waals surface area (Å²) >= 11 is 3.50. The molecule has 0 saturated heterocycles. The lowest BCUT2D eigenvalue weighted by Gasteiger charge is -2.73. The molecule has 0 N–H and O–H groups in total. The van der Waals surface area contributed by atoms with Crippen LogP contribution >= 0.6 is 15.9 Å². The Kier molecular flexibility index (Phi) is 7.46. The van der Waals surface area contributed by atoms with Gasteiger partial charge in [0.15, 0.2) is 0 Å².